The Labute approximate surface area is 182 Å². The van der Waals surface area contributed by atoms with E-state index in [1.165, 1.54) is 25.1 Å². The first-order chi connectivity index (χ1) is 14.9. The van der Waals surface area contributed by atoms with Crippen LogP contribution in [0.15, 0.2) is 36.1 Å². The third kappa shape index (κ3) is 10.2. The van der Waals surface area contributed by atoms with Crippen LogP contribution in [0.2, 0.25) is 0 Å². The molecular formula is C21H33N3O7. The molecule has 10 heteroatoms. The second-order valence-corrected chi connectivity index (χ2v) is 6.30. The van der Waals surface area contributed by atoms with Crippen molar-refractivity contribution < 1.29 is 33.8 Å². The molecule has 0 aliphatic heterocycles. The third-order valence-corrected chi connectivity index (χ3v) is 4.22. The summed E-state index contributed by atoms with van der Waals surface area (Å²) >= 11 is 0. The Balaban J connectivity index is 5.36. The van der Waals surface area contributed by atoms with E-state index in [0.29, 0.717) is 32.3 Å². The summed E-state index contributed by atoms with van der Waals surface area (Å²) in [4.78, 5) is 48.6. The molecule has 0 saturated carbocycles. The fourth-order valence-corrected chi connectivity index (χ4v) is 2.60. The highest BCUT2D eigenvalue weighted by Crippen LogP contribution is 2.17. The number of rotatable bonds is 18. The van der Waals surface area contributed by atoms with Crippen molar-refractivity contribution in [1.29, 1.82) is 0 Å². The summed E-state index contributed by atoms with van der Waals surface area (Å²) in [6.45, 7) is 8.74. The van der Waals surface area contributed by atoms with E-state index in [9.17, 15) is 19.2 Å². The van der Waals surface area contributed by atoms with Gasteiger partial charge in [0.15, 0.2) is 0 Å². The first kappa shape index (κ1) is 28.2. The van der Waals surface area contributed by atoms with E-state index < -0.39 is 17.9 Å². The van der Waals surface area contributed by atoms with Gasteiger partial charge in [0, 0.05) is 38.3 Å². The highest BCUT2D eigenvalue weighted by Gasteiger charge is 2.29. The average Bonchev–Trinajstić information content (AvgIpc) is 2.78. The van der Waals surface area contributed by atoms with Gasteiger partial charge in [-0.2, -0.15) is 0 Å². The minimum absolute atomic E-state index is 0.0289. The van der Waals surface area contributed by atoms with Crippen molar-refractivity contribution >= 4 is 24.4 Å². The summed E-state index contributed by atoms with van der Waals surface area (Å²) in [6.07, 6.45) is 2.72. The number of aliphatic hydroxyl groups excluding tert-OH is 1. The number of aldehydes is 2. The smallest absolute Gasteiger partial charge is 0.257 e. The molecule has 0 saturated heterocycles. The molecule has 0 aromatic carbocycles. The van der Waals surface area contributed by atoms with Crippen molar-refractivity contribution in [2.24, 2.45) is 0 Å². The normalized spacial score (nSPS) is 12.2. The van der Waals surface area contributed by atoms with Gasteiger partial charge in [0.25, 0.3) is 5.91 Å². The second kappa shape index (κ2) is 16.9. The number of ether oxygens (including phenoxy) is 2. The molecule has 0 spiro atoms. The topological polar surface area (TPSA) is 134 Å². The number of hydrogen-bond donors (Lipinski definition) is 3. The van der Waals surface area contributed by atoms with Crippen molar-refractivity contribution in [3.63, 3.8) is 0 Å². The lowest BCUT2D eigenvalue weighted by molar-refractivity contribution is -0.136. The van der Waals surface area contributed by atoms with Gasteiger partial charge in [0.05, 0.1) is 38.6 Å². The van der Waals surface area contributed by atoms with E-state index in [1.807, 2.05) is 0 Å². The molecule has 0 rings (SSSR count). The predicted molar refractivity (Wildman–Crippen MR) is 115 cm³/mol. The van der Waals surface area contributed by atoms with Crippen LogP contribution in [0.4, 0.5) is 0 Å². The van der Waals surface area contributed by atoms with Crippen molar-refractivity contribution in [3.8, 4) is 0 Å². The predicted octanol–water partition coefficient (Wildman–Crippen LogP) is -0.651. The van der Waals surface area contributed by atoms with Gasteiger partial charge in [-0.1, -0.05) is 13.2 Å². The number of nitrogens with one attached hydrogen (secondary N) is 2. The Morgan fingerprint density at radius 1 is 1.16 bits per heavy atom. The number of amides is 2. The Bertz CT molecular complexity index is 661. The lowest BCUT2D eigenvalue weighted by Gasteiger charge is -2.28. The minimum Gasteiger partial charge on any atom is -0.394 e. The summed E-state index contributed by atoms with van der Waals surface area (Å²) in [5, 5.41) is 14.1. The van der Waals surface area contributed by atoms with E-state index in [0.717, 1.165) is 0 Å². The summed E-state index contributed by atoms with van der Waals surface area (Å²) in [5.74, 6) is -1.05. The fourth-order valence-electron chi connectivity index (χ4n) is 2.60. The summed E-state index contributed by atoms with van der Waals surface area (Å²) in [6, 6.07) is -0.898. The van der Waals surface area contributed by atoms with Crippen molar-refractivity contribution in [1.82, 2.24) is 15.5 Å². The van der Waals surface area contributed by atoms with Crippen molar-refractivity contribution in [3.05, 3.63) is 36.1 Å². The number of carbonyl (C=O) groups excluding carboxylic acids is 4. The molecule has 0 radical (unpaired) electrons. The molecule has 0 heterocycles. The summed E-state index contributed by atoms with van der Waals surface area (Å²) < 4.78 is 10.5. The zero-order valence-corrected chi connectivity index (χ0v) is 18.2. The standard InChI is InChI=1S/C21H33N3O7/c1-5-17(23-8-11-30-13-14-31-12-10-26)19(16(2)15-27)21(29)24(4)18(7-6-9-25)20(28)22-3/h5,9,15,18,23,26H,1-2,6-8,10-14H2,3-4H3,(H,22,28)/b19-17-. The Kier molecular flexibility index (Phi) is 15.4. The quantitative estimate of drug-likeness (QED) is 0.111. The van der Waals surface area contributed by atoms with E-state index in [4.69, 9.17) is 14.6 Å². The molecule has 0 aliphatic rings. The summed E-state index contributed by atoms with van der Waals surface area (Å²) in [7, 11) is 2.85. The Morgan fingerprint density at radius 3 is 2.32 bits per heavy atom. The molecule has 0 aromatic rings. The van der Waals surface area contributed by atoms with Crippen LogP contribution in [0, 0.1) is 0 Å². The lowest BCUT2D eigenvalue weighted by atomic mass is 10.0. The van der Waals surface area contributed by atoms with Crippen LogP contribution in [0.3, 0.4) is 0 Å². The number of aliphatic hydroxyl groups is 1. The minimum atomic E-state index is -0.898. The number of carbonyl (C=O) groups is 4. The first-order valence-corrected chi connectivity index (χ1v) is 9.83. The van der Waals surface area contributed by atoms with E-state index >= 15 is 0 Å². The molecular weight excluding hydrogens is 406 g/mol. The monoisotopic (exact) mass is 439 g/mol. The van der Waals surface area contributed by atoms with E-state index in [-0.39, 0.29) is 49.5 Å². The first-order valence-electron chi connectivity index (χ1n) is 9.83. The van der Waals surface area contributed by atoms with Crippen LogP contribution in [0.25, 0.3) is 0 Å². The van der Waals surface area contributed by atoms with Crippen molar-refractivity contribution in [2.75, 3.05) is 53.7 Å². The van der Waals surface area contributed by atoms with Gasteiger partial charge in [0.1, 0.15) is 18.6 Å². The van der Waals surface area contributed by atoms with Crippen LogP contribution < -0.4 is 10.6 Å². The maximum atomic E-state index is 13.1. The molecule has 174 valence electrons. The Hall–Kier alpha value is -2.82. The summed E-state index contributed by atoms with van der Waals surface area (Å²) in [5.41, 5.74) is 0.155. The molecule has 10 nitrogen and oxygen atoms in total. The van der Waals surface area contributed by atoms with Gasteiger partial charge < -0.3 is 34.9 Å². The van der Waals surface area contributed by atoms with Crippen LogP contribution in [0.5, 0.6) is 0 Å². The number of hydrogen-bond acceptors (Lipinski definition) is 8. The maximum absolute atomic E-state index is 13.1. The Morgan fingerprint density at radius 2 is 1.81 bits per heavy atom. The molecule has 1 atom stereocenters. The van der Waals surface area contributed by atoms with Crippen LogP contribution >= 0.6 is 0 Å². The highest BCUT2D eigenvalue weighted by atomic mass is 16.5. The molecule has 1 unspecified atom stereocenters. The van der Waals surface area contributed by atoms with Crippen LogP contribution in [0.1, 0.15) is 12.8 Å². The van der Waals surface area contributed by atoms with Crippen LogP contribution in [-0.4, -0.2) is 94.1 Å². The van der Waals surface area contributed by atoms with Gasteiger partial charge in [-0.05, 0) is 12.5 Å². The molecule has 2 amide bonds. The van der Waals surface area contributed by atoms with Gasteiger partial charge in [-0.15, -0.1) is 0 Å². The van der Waals surface area contributed by atoms with E-state index in [2.05, 4.69) is 23.8 Å². The van der Waals surface area contributed by atoms with Crippen molar-refractivity contribution in [2.45, 2.75) is 18.9 Å². The van der Waals surface area contributed by atoms with Gasteiger partial charge in [-0.3, -0.25) is 14.4 Å². The number of nitrogens with zero attached hydrogens (tertiary/aromatic N) is 1. The SMILES string of the molecule is C=C/C(NCCOCCOCCO)=C(\C(=C)C=O)C(=O)N(C)C(CCC=O)C(=O)NC. The lowest BCUT2D eigenvalue weighted by Crippen LogP contribution is -2.47. The zero-order chi connectivity index (χ0) is 23.6. The molecule has 0 aromatic heterocycles. The second-order valence-electron chi connectivity index (χ2n) is 6.30. The molecule has 0 aliphatic carbocycles. The maximum Gasteiger partial charge on any atom is 0.257 e. The van der Waals surface area contributed by atoms with E-state index in [1.54, 1.807) is 0 Å². The highest BCUT2D eigenvalue weighted by molar-refractivity contribution is 6.06. The van der Waals surface area contributed by atoms with Gasteiger partial charge in [0.2, 0.25) is 5.91 Å². The van der Waals surface area contributed by atoms with Gasteiger partial charge in [-0.25, -0.2) is 0 Å². The molecule has 31 heavy (non-hydrogen) atoms. The number of likely N-dealkylation sites (N-methyl/N-ethyl adjacent to an activating group) is 2. The molecule has 0 bridgehead atoms. The zero-order valence-electron chi connectivity index (χ0n) is 18.2. The van der Waals surface area contributed by atoms with Crippen LogP contribution in [-0.2, 0) is 28.7 Å². The third-order valence-electron chi connectivity index (χ3n) is 4.22. The van der Waals surface area contributed by atoms with Gasteiger partial charge >= 0.3 is 0 Å². The average molecular weight is 440 g/mol. The molecule has 0 fully saturated rings. The molecule has 3 N–H and O–H groups in total. The number of allylic oxidation sites excluding steroid dienone is 1. The fraction of sp³-hybridized carbons (Fsp3) is 0.524. The largest absolute Gasteiger partial charge is 0.394 e.